The van der Waals surface area contributed by atoms with E-state index < -0.39 is 0 Å². The minimum absolute atomic E-state index is 0.278. The molecule has 2 atom stereocenters. The molecule has 1 fully saturated rings. The maximum atomic E-state index is 6.11. The molecular formula is C19H29N5S. The number of nitrogen functional groups attached to an aromatic ring is 1. The lowest BCUT2D eigenvalue weighted by Crippen LogP contribution is -2.30. The summed E-state index contributed by atoms with van der Waals surface area (Å²) in [5, 5.41) is 3.39. The van der Waals surface area contributed by atoms with Crippen LogP contribution in [0, 0.1) is 5.41 Å². The number of hydrogen-bond acceptors (Lipinski definition) is 6. The van der Waals surface area contributed by atoms with Gasteiger partial charge in [-0.2, -0.15) is 4.98 Å². The van der Waals surface area contributed by atoms with Crippen LogP contribution in [0.25, 0.3) is 10.2 Å². The number of nitrogens with zero attached hydrogens (tertiary/aromatic N) is 3. The second kappa shape index (κ2) is 6.09. The SMILES string of the molecule is CN[C@@H]1CCN(c2nc(N)nc3c4c(sc23)C(C(C)(C)C)CCC4)C1. The Morgan fingerprint density at radius 1 is 1.24 bits per heavy atom. The van der Waals surface area contributed by atoms with E-state index in [4.69, 9.17) is 5.73 Å². The highest BCUT2D eigenvalue weighted by atomic mass is 32.1. The van der Waals surface area contributed by atoms with Gasteiger partial charge in [-0.15, -0.1) is 11.3 Å². The van der Waals surface area contributed by atoms with Gasteiger partial charge < -0.3 is 16.0 Å². The molecule has 5 nitrogen and oxygen atoms in total. The summed E-state index contributed by atoms with van der Waals surface area (Å²) < 4.78 is 1.24. The Morgan fingerprint density at radius 3 is 2.72 bits per heavy atom. The number of nitrogens with two attached hydrogens (primary N) is 1. The Kier molecular flexibility index (Phi) is 4.15. The van der Waals surface area contributed by atoms with E-state index in [1.165, 1.54) is 28.0 Å². The molecule has 0 bridgehead atoms. The molecule has 2 aromatic heterocycles. The number of thiophene rings is 1. The quantitative estimate of drug-likeness (QED) is 0.858. The maximum absolute atomic E-state index is 6.11. The first kappa shape index (κ1) is 17.0. The molecule has 1 saturated heterocycles. The van der Waals surface area contributed by atoms with Gasteiger partial charge in [0.05, 0.1) is 10.2 Å². The van der Waals surface area contributed by atoms with Crippen LogP contribution in [-0.2, 0) is 6.42 Å². The summed E-state index contributed by atoms with van der Waals surface area (Å²) in [5.41, 5.74) is 8.94. The van der Waals surface area contributed by atoms with Crippen molar-refractivity contribution in [3.8, 4) is 0 Å². The molecule has 3 N–H and O–H groups in total. The summed E-state index contributed by atoms with van der Waals surface area (Å²) in [4.78, 5) is 13.2. The molecule has 6 heteroatoms. The van der Waals surface area contributed by atoms with Crippen molar-refractivity contribution in [2.45, 2.75) is 58.4 Å². The molecule has 3 heterocycles. The number of aryl methyl sites for hydroxylation is 1. The minimum atomic E-state index is 0.278. The monoisotopic (exact) mass is 359 g/mol. The second-order valence-corrected chi connectivity index (χ2v) is 9.61. The van der Waals surface area contributed by atoms with E-state index in [1.807, 2.05) is 18.4 Å². The summed E-state index contributed by atoms with van der Waals surface area (Å²) in [6.07, 6.45) is 4.78. The fourth-order valence-electron chi connectivity index (χ4n) is 4.41. The highest BCUT2D eigenvalue weighted by molar-refractivity contribution is 7.20. The first-order chi connectivity index (χ1) is 11.9. The van der Waals surface area contributed by atoms with Crippen LogP contribution in [-0.4, -0.2) is 36.1 Å². The van der Waals surface area contributed by atoms with Crippen molar-refractivity contribution in [3.05, 3.63) is 10.4 Å². The Balaban J connectivity index is 1.85. The zero-order valence-corrected chi connectivity index (χ0v) is 16.5. The van der Waals surface area contributed by atoms with Gasteiger partial charge in [-0.25, -0.2) is 4.98 Å². The van der Waals surface area contributed by atoms with Crippen LogP contribution in [0.5, 0.6) is 0 Å². The Morgan fingerprint density at radius 2 is 2.04 bits per heavy atom. The van der Waals surface area contributed by atoms with E-state index >= 15 is 0 Å². The highest BCUT2D eigenvalue weighted by Crippen LogP contribution is 2.50. The van der Waals surface area contributed by atoms with Gasteiger partial charge in [-0.05, 0) is 49.6 Å². The van der Waals surface area contributed by atoms with Crippen molar-refractivity contribution in [1.82, 2.24) is 15.3 Å². The number of rotatable bonds is 2. The van der Waals surface area contributed by atoms with E-state index in [1.54, 1.807) is 0 Å². The van der Waals surface area contributed by atoms with E-state index in [2.05, 4.69) is 41.0 Å². The zero-order valence-electron chi connectivity index (χ0n) is 15.7. The predicted octanol–water partition coefficient (Wildman–Crippen LogP) is 3.54. The van der Waals surface area contributed by atoms with E-state index in [-0.39, 0.29) is 5.41 Å². The van der Waals surface area contributed by atoms with Crippen LogP contribution in [0.2, 0.25) is 0 Å². The zero-order chi connectivity index (χ0) is 17.8. The number of fused-ring (bicyclic) bond motifs is 3. The number of aromatic nitrogens is 2. The van der Waals surface area contributed by atoms with E-state index in [0.717, 1.165) is 37.3 Å². The number of hydrogen-bond donors (Lipinski definition) is 2. The molecule has 1 unspecified atom stereocenters. The van der Waals surface area contributed by atoms with Gasteiger partial charge >= 0.3 is 0 Å². The molecule has 0 amide bonds. The predicted molar refractivity (Wildman–Crippen MR) is 107 cm³/mol. The smallest absolute Gasteiger partial charge is 0.222 e. The first-order valence-electron chi connectivity index (χ1n) is 9.39. The van der Waals surface area contributed by atoms with Crippen LogP contribution in [0.4, 0.5) is 11.8 Å². The maximum Gasteiger partial charge on any atom is 0.222 e. The number of anilines is 2. The third kappa shape index (κ3) is 2.89. The summed E-state index contributed by atoms with van der Waals surface area (Å²) >= 11 is 1.92. The Hall–Kier alpha value is -1.40. The molecule has 136 valence electrons. The fourth-order valence-corrected chi connectivity index (χ4v) is 6.10. The second-order valence-electron chi connectivity index (χ2n) is 8.56. The van der Waals surface area contributed by atoms with E-state index in [0.29, 0.717) is 17.9 Å². The lowest BCUT2D eigenvalue weighted by Gasteiger charge is -2.33. The van der Waals surface area contributed by atoms with Gasteiger partial charge in [-0.1, -0.05) is 20.8 Å². The third-order valence-corrected chi connectivity index (χ3v) is 7.17. The minimum Gasteiger partial charge on any atom is -0.368 e. The average Bonchev–Trinajstić information content (AvgIpc) is 3.17. The van der Waals surface area contributed by atoms with Crippen molar-refractivity contribution < 1.29 is 0 Å². The molecule has 25 heavy (non-hydrogen) atoms. The van der Waals surface area contributed by atoms with Crippen LogP contribution >= 0.6 is 11.3 Å². The molecule has 1 aliphatic carbocycles. The summed E-state index contributed by atoms with van der Waals surface area (Å²) in [5.74, 6) is 2.06. The molecule has 1 aliphatic heterocycles. The summed E-state index contributed by atoms with van der Waals surface area (Å²) in [6.45, 7) is 9.10. The average molecular weight is 360 g/mol. The first-order valence-corrected chi connectivity index (χ1v) is 10.2. The lowest BCUT2D eigenvalue weighted by molar-refractivity contribution is 0.294. The molecule has 0 spiro atoms. The lowest BCUT2D eigenvalue weighted by atomic mass is 9.73. The van der Waals surface area contributed by atoms with Crippen molar-refractivity contribution in [2.75, 3.05) is 30.8 Å². The van der Waals surface area contributed by atoms with Gasteiger partial charge in [0.15, 0.2) is 5.82 Å². The molecule has 0 radical (unpaired) electrons. The van der Waals surface area contributed by atoms with Crippen molar-refractivity contribution >= 4 is 33.3 Å². The standard InChI is InChI=1S/C19H29N5S/c1-19(2,3)13-7-5-6-12-14-16(25-15(12)13)17(23-18(20)22-14)24-9-8-11(10-24)21-4/h11,13,21H,5-10H2,1-4H3,(H2,20,22,23)/t11-,13?/m1/s1. The largest absolute Gasteiger partial charge is 0.368 e. The van der Waals surface area contributed by atoms with Crippen LogP contribution in [0.15, 0.2) is 0 Å². The molecule has 0 saturated carbocycles. The summed E-state index contributed by atoms with van der Waals surface area (Å²) in [7, 11) is 2.04. The Bertz CT molecular complexity index is 791. The number of nitrogens with one attached hydrogen (secondary N) is 1. The van der Waals surface area contributed by atoms with Gasteiger partial charge in [0.25, 0.3) is 0 Å². The summed E-state index contributed by atoms with van der Waals surface area (Å²) in [6, 6.07) is 0.531. The fraction of sp³-hybridized carbons (Fsp3) is 0.684. The van der Waals surface area contributed by atoms with Gasteiger partial charge in [-0.3, -0.25) is 0 Å². The van der Waals surface area contributed by atoms with Crippen LogP contribution in [0.1, 0.15) is 56.4 Å². The van der Waals surface area contributed by atoms with Gasteiger partial charge in [0.1, 0.15) is 0 Å². The third-order valence-electron chi connectivity index (χ3n) is 5.84. The van der Waals surface area contributed by atoms with Crippen molar-refractivity contribution in [3.63, 3.8) is 0 Å². The van der Waals surface area contributed by atoms with Gasteiger partial charge in [0, 0.05) is 24.0 Å². The van der Waals surface area contributed by atoms with Gasteiger partial charge in [0.2, 0.25) is 5.95 Å². The Labute approximate surface area is 154 Å². The topological polar surface area (TPSA) is 67.1 Å². The molecule has 0 aromatic carbocycles. The highest BCUT2D eigenvalue weighted by Gasteiger charge is 2.35. The molecule has 2 aliphatic rings. The molecular weight excluding hydrogens is 330 g/mol. The normalized spacial score (nSPS) is 24.1. The van der Waals surface area contributed by atoms with Crippen LogP contribution < -0.4 is 16.0 Å². The van der Waals surface area contributed by atoms with Crippen LogP contribution in [0.3, 0.4) is 0 Å². The van der Waals surface area contributed by atoms with Crippen molar-refractivity contribution in [1.29, 1.82) is 0 Å². The van der Waals surface area contributed by atoms with E-state index in [9.17, 15) is 0 Å². The molecule has 2 aromatic rings. The number of likely N-dealkylation sites (N-methyl/N-ethyl adjacent to an activating group) is 1. The van der Waals surface area contributed by atoms with Crippen molar-refractivity contribution in [2.24, 2.45) is 5.41 Å². The molecule has 4 rings (SSSR count).